The number of nitrogens with zero attached hydrogens (tertiary/aromatic N) is 2. The molecule has 1 aromatic rings. The molecule has 1 heterocycles. The van der Waals surface area contributed by atoms with Crippen molar-refractivity contribution in [3.05, 3.63) is 18.2 Å². The van der Waals surface area contributed by atoms with E-state index in [9.17, 15) is 18.4 Å². The third-order valence-electron chi connectivity index (χ3n) is 5.57. The highest BCUT2D eigenvalue weighted by Crippen LogP contribution is 2.32. The zero-order valence-electron chi connectivity index (χ0n) is 17.0. The number of benzene rings is 1. The summed E-state index contributed by atoms with van der Waals surface area (Å²) < 4.78 is 35.6. The first kappa shape index (κ1) is 22.4. The van der Waals surface area contributed by atoms with Gasteiger partial charge < -0.3 is 25.4 Å². The van der Waals surface area contributed by atoms with Gasteiger partial charge >= 0.3 is 6.61 Å². The molecule has 3 N–H and O–H groups in total. The van der Waals surface area contributed by atoms with Crippen molar-refractivity contribution in [3.63, 3.8) is 0 Å². The molecule has 3 rings (SSSR count). The lowest BCUT2D eigenvalue weighted by Crippen LogP contribution is -2.49. The third-order valence-corrected chi connectivity index (χ3v) is 5.57. The minimum absolute atomic E-state index is 0.0744. The Morgan fingerprint density at radius 1 is 1.43 bits per heavy atom. The van der Waals surface area contributed by atoms with Crippen molar-refractivity contribution in [2.24, 2.45) is 11.7 Å². The summed E-state index contributed by atoms with van der Waals surface area (Å²) >= 11 is 0. The molecule has 2 aliphatic rings. The van der Waals surface area contributed by atoms with Crippen LogP contribution in [0.25, 0.3) is 0 Å². The van der Waals surface area contributed by atoms with E-state index in [0.29, 0.717) is 24.8 Å². The van der Waals surface area contributed by atoms with Gasteiger partial charge in [0.25, 0.3) is 5.91 Å². The van der Waals surface area contributed by atoms with E-state index < -0.39 is 18.6 Å². The van der Waals surface area contributed by atoms with Gasteiger partial charge in [-0.05, 0) is 37.9 Å². The zero-order chi connectivity index (χ0) is 21.7. The van der Waals surface area contributed by atoms with Crippen molar-refractivity contribution in [2.45, 2.75) is 31.9 Å². The quantitative estimate of drug-likeness (QED) is 0.623. The first-order valence-electron chi connectivity index (χ1n) is 10.1. The van der Waals surface area contributed by atoms with Crippen LogP contribution in [-0.4, -0.2) is 69.3 Å². The highest BCUT2D eigenvalue weighted by molar-refractivity contribution is 5.98. The third kappa shape index (κ3) is 5.44. The van der Waals surface area contributed by atoms with Crippen LogP contribution in [0.15, 0.2) is 18.2 Å². The van der Waals surface area contributed by atoms with E-state index in [1.165, 1.54) is 23.5 Å². The molecule has 1 aliphatic carbocycles. The molecule has 1 atom stereocenters. The lowest BCUT2D eigenvalue weighted by atomic mass is 9.85. The van der Waals surface area contributed by atoms with E-state index in [1.807, 2.05) is 11.9 Å². The Labute approximate surface area is 174 Å². The predicted octanol–water partition coefficient (Wildman–Crippen LogP) is 1.65. The number of rotatable bonds is 9. The smallest absolute Gasteiger partial charge is 0.387 e. The Hall–Kier alpha value is -2.30. The molecule has 0 spiro atoms. The molecule has 1 aliphatic heterocycles. The first-order valence-corrected chi connectivity index (χ1v) is 10.1. The van der Waals surface area contributed by atoms with E-state index in [0.717, 1.165) is 19.4 Å². The number of hydrogen-bond donors (Lipinski definition) is 2. The van der Waals surface area contributed by atoms with Crippen LogP contribution < -0.4 is 20.7 Å². The number of alkyl halides is 2. The molecule has 8 nitrogen and oxygen atoms in total. The number of likely N-dealkylation sites (N-methyl/N-ethyl adjacent to an activating group) is 1. The summed E-state index contributed by atoms with van der Waals surface area (Å²) in [7, 11) is 1.83. The molecule has 0 bridgehead atoms. The Balaban J connectivity index is 1.75. The number of nitrogens with two attached hydrogens (primary N) is 1. The van der Waals surface area contributed by atoms with Gasteiger partial charge in [0, 0.05) is 31.4 Å². The van der Waals surface area contributed by atoms with Gasteiger partial charge in [-0.25, -0.2) is 0 Å². The number of nitrogens with one attached hydrogen (secondary N) is 1. The molecule has 1 aromatic carbocycles. The second-order valence-corrected chi connectivity index (χ2v) is 7.63. The van der Waals surface area contributed by atoms with E-state index >= 15 is 0 Å². The molecule has 2 amide bonds. The normalized spacial score (nSPS) is 18.5. The van der Waals surface area contributed by atoms with Crippen LogP contribution in [0.4, 0.5) is 20.2 Å². The SMILES string of the molecule is CN(CC1CCC1)[C@@H](CN)C(=O)Nc1ccc(N2CCOCC2=O)cc1OC(F)F. The van der Waals surface area contributed by atoms with Crippen LogP contribution in [0.3, 0.4) is 0 Å². The van der Waals surface area contributed by atoms with E-state index in [-0.39, 0.29) is 30.5 Å². The van der Waals surface area contributed by atoms with Crippen molar-refractivity contribution in [3.8, 4) is 5.75 Å². The average Bonchev–Trinajstić information content (AvgIpc) is 2.67. The molecule has 0 aromatic heterocycles. The second-order valence-electron chi connectivity index (χ2n) is 7.63. The van der Waals surface area contributed by atoms with Crippen LogP contribution in [-0.2, 0) is 14.3 Å². The topological polar surface area (TPSA) is 97.1 Å². The number of anilines is 2. The van der Waals surface area contributed by atoms with Gasteiger partial charge in [0.2, 0.25) is 5.91 Å². The van der Waals surface area contributed by atoms with E-state index in [1.54, 1.807) is 6.07 Å². The van der Waals surface area contributed by atoms with Crippen molar-refractivity contribution >= 4 is 23.2 Å². The molecule has 0 unspecified atom stereocenters. The van der Waals surface area contributed by atoms with Crippen LogP contribution in [0.5, 0.6) is 5.75 Å². The highest BCUT2D eigenvalue weighted by atomic mass is 19.3. The molecular weight excluding hydrogens is 398 g/mol. The molecule has 0 radical (unpaired) electrons. The monoisotopic (exact) mass is 426 g/mol. The van der Waals surface area contributed by atoms with Gasteiger partial charge in [0.1, 0.15) is 12.6 Å². The molecule has 2 fully saturated rings. The summed E-state index contributed by atoms with van der Waals surface area (Å²) in [4.78, 5) is 28.2. The van der Waals surface area contributed by atoms with Crippen LogP contribution in [0, 0.1) is 5.92 Å². The molecule has 166 valence electrons. The maximum atomic E-state index is 13.0. The number of morpholine rings is 1. The van der Waals surface area contributed by atoms with Crippen LogP contribution in [0.2, 0.25) is 0 Å². The standard InChI is InChI=1S/C20H28F2N4O4/c1-25(11-13-3-2-4-13)16(10-23)19(28)24-15-6-5-14(9-17(15)30-20(21)22)26-7-8-29-12-18(26)27/h5-6,9,13,16,20H,2-4,7-8,10-12,23H2,1H3,(H,24,28)/t16-/m0/s1. The number of hydrogen-bond acceptors (Lipinski definition) is 6. The van der Waals surface area contributed by atoms with Crippen molar-refractivity contribution < 1.29 is 27.8 Å². The first-order chi connectivity index (χ1) is 14.4. The molecule has 30 heavy (non-hydrogen) atoms. The minimum atomic E-state index is -3.08. The largest absolute Gasteiger partial charge is 0.433 e. The molecule has 1 saturated heterocycles. The number of carbonyl (C=O) groups is 2. The van der Waals surface area contributed by atoms with Crippen molar-refractivity contribution in [1.82, 2.24) is 4.90 Å². The summed E-state index contributed by atoms with van der Waals surface area (Å²) in [6.07, 6.45) is 3.47. The maximum Gasteiger partial charge on any atom is 0.387 e. The van der Waals surface area contributed by atoms with Crippen molar-refractivity contribution in [1.29, 1.82) is 0 Å². The van der Waals surface area contributed by atoms with Crippen molar-refractivity contribution in [2.75, 3.05) is 50.1 Å². The number of carbonyl (C=O) groups excluding carboxylic acids is 2. The summed E-state index contributed by atoms with van der Waals surface area (Å²) in [6, 6.07) is 3.76. The number of ether oxygens (including phenoxy) is 2. The minimum Gasteiger partial charge on any atom is -0.433 e. The zero-order valence-corrected chi connectivity index (χ0v) is 17.0. The summed E-state index contributed by atoms with van der Waals surface area (Å²) in [5, 5.41) is 2.65. The Morgan fingerprint density at radius 3 is 2.80 bits per heavy atom. The van der Waals surface area contributed by atoms with Gasteiger partial charge in [0.05, 0.1) is 12.3 Å². The lowest BCUT2D eigenvalue weighted by molar-refractivity contribution is -0.125. The Morgan fingerprint density at radius 2 is 2.20 bits per heavy atom. The molecule has 10 heteroatoms. The maximum absolute atomic E-state index is 13.0. The van der Waals surface area contributed by atoms with E-state index in [4.69, 9.17) is 10.5 Å². The number of amides is 2. The van der Waals surface area contributed by atoms with Gasteiger partial charge in [-0.3, -0.25) is 14.5 Å². The lowest BCUT2D eigenvalue weighted by Gasteiger charge is -2.33. The fourth-order valence-electron chi connectivity index (χ4n) is 3.68. The predicted molar refractivity (Wildman–Crippen MR) is 108 cm³/mol. The average molecular weight is 426 g/mol. The summed E-state index contributed by atoms with van der Waals surface area (Å²) in [6.45, 7) is -1.65. The van der Waals surface area contributed by atoms with E-state index in [2.05, 4.69) is 10.1 Å². The fraction of sp³-hybridized carbons (Fsp3) is 0.600. The molecule has 1 saturated carbocycles. The van der Waals surface area contributed by atoms with Gasteiger partial charge in [-0.15, -0.1) is 0 Å². The highest BCUT2D eigenvalue weighted by Gasteiger charge is 2.28. The van der Waals surface area contributed by atoms with Gasteiger partial charge in [0.15, 0.2) is 5.75 Å². The van der Waals surface area contributed by atoms with Gasteiger partial charge in [-0.1, -0.05) is 6.42 Å². The Bertz CT molecular complexity index is 760. The van der Waals surface area contributed by atoms with Gasteiger partial charge in [-0.2, -0.15) is 8.78 Å². The Kier molecular flexibility index (Phi) is 7.57. The second kappa shape index (κ2) is 10.1. The fourth-order valence-corrected chi connectivity index (χ4v) is 3.68. The van der Waals surface area contributed by atoms with Crippen LogP contribution in [0.1, 0.15) is 19.3 Å². The summed E-state index contributed by atoms with van der Waals surface area (Å²) in [5.74, 6) is -0.331. The summed E-state index contributed by atoms with van der Waals surface area (Å²) in [5.41, 5.74) is 6.30. The number of halogens is 2. The van der Waals surface area contributed by atoms with Crippen LogP contribution >= 0.6 is 0 Å². The molecular formula is C20H28F2N4O4.